The standard InChI is InChI=1S/C23H30N4O2S/c1-4-5-18(16-17(2)23(3)10-15-30-22(24)26-23)21(28)25-19-6-8-20(9-7-19)27-11-13-29-14-12-27/h4-9,16H,1,10-15H2,2-3H3,(H2,24,26)(H,25,28)/b17-16+,18-5+. The Balaban J connectivity index is 1.72. The van der Waals surface area contributed by atoms with Gasteiger partial charge in [-0.05, 0) is 56.2 Å². The number of thioether (sulfide) groups is 1. The Morgan fingerprint density at radius 1 is 1.33 bits per heavy atom. The fourth-order valence-corrected chi connectivity index (χ4v) is 4.43. The lowest BCUT2D eigenvalue weighted by Crippen LogP contribution is -2.36. The quantitative estimate of drug-likeness (QED) is 0.535. The zero-order valence-corrected chi connectivity index (χ0v) is 18.5. The van der Waals surface area contributed by atoms with E-state index in [-0.39, 0.29) is 5.91 Å². The fourth-order valence-electron chi connectivity index (χ4n) is 3.46. The molecule has 2 aliphatic rings. The molecule has 1 unspecified atom stereocenters. The number of hydrogen-bond donors (Lipinski definition) is 2. The van der Waals surface area contributed by atoms with Crippen molar-refractivity contribution in [2.45, 2.75) is 25.8 Å². The summed E-state index contributed by atoms with van der Waals surface area (Å²) in [5, 5.41) is 3.57. The number of nitrogens with one attached hydrogen (secondary N) is 1. The minimum absolute atomic E-state index is 0.181. The number of carbonyl (C=O) groups is 1. The number of rotatable bonds is 6. The summed E-state index contributed by atoms with van der Waals surface area (Å²) in [6, 6.07) is 7.90. The fraction of sp³-hybridized carbons (Fsp3) is 0.391. The average molecular weight is 427 g/mol. The number of anilines is 2. The van der Waals surface area contributed by atoms with E-state index in [9.17, 15) is 4.79 Å². The minimum atomic E-state index is -0.393. The predicted molar refractivity (Wildman–Crippen MR) is 127 cm³/mol. The number of amidine groups is 1. The van der Waals surface area contributed by atoms with Gasteiger partial charge < -0.3 is 20.7 Å². The van der Waals surface area contributed by atoms with E-state index in [1.54, 1.807) is 23.9 Å². The van der Waals surface area contributed by atoms with Gasteiger partial charge in [0.15, 0.2) is 5.17 Å². The lowest BCUT2D eigenvalue weighted by Gasteiger charge is -2.30. The number of morpholine rings is 1. The lowest BCUT2D eigenvalue weighted by molar-refractivity contribution is -0.112. The van der Waals surface area contributed by atoms with Gasteiger partial charge in [-0.1, -0.05) is 30.5 Å². The highest BCUT2D eigenvalue weighted by Gasteiger charge is 2.29. The van der Waals surface area contributed by atoms with Crippen LogP contribution in [0, 0.1) is 0 Å². The van der Waals surface area contributed by atoms with Gasteiger partial charge in [-0.15, -0.1) is 0 Å². The first-order chi connectivity index (χ1) is 14.4. The predicted octanol–water partition coefficient (Wildman–Crippen LogP) is 3.73. The molecule has 3 rings (SSSR count). The average Bonchev–Trinajstić information content (AvgIpc) is 2.74. The maximum atomic E-state index is 12.9. The molecule has 30 heavy (non-hydrogen) atoms. The van der Waals surface area contributed by atoms with Crippen LogP contribution in [-0.4, -0.2) is 48.7 Å². The van der Waals surface area contributed by atoms with E-state index in [0.717, 1.165) is 55.4 Å². The molecule has 1 aromatic carbocycles. The second kappa shape index (κ2) is 10.00. The minimum Gasteiger partial charge on any atom is -0.379 e. The SMILES string of the molecule is C=C/C=C(\C=C(/C)C1(C)CCSC(N)=N1)C(=O)Nc1ccc(N2CCOCC2)cc1. The molecule has 6 nitrogen and oxygen atoms in total. The Bertz CT molecular complexity index is 870. The Kier molecular flexibility index (Phi) is 7.39. The third kappa shape index (κ3) is 5.55. The van der Waals surface area contributed by atoms with Crippen molar-refractivity contribution >= 4 is 34.2 Å². The van der Waals surface area contributed by atoms with Gasteiger partial charge in [0.1, 0.15) is 0 Å². The molecule has 2 heterocycles. The van der Waals surface area contributed by atoms with Crippen molar-refractivity contribution in [3.8, 4) is 0 Å². The van der Waals surface area contributed by atoms with Crippen molar-refractivity contribution in [2.24, 2.45) is 10.7 Å². The van der Waals surface area contributed by atoms with E-state index in [4.69, 9.17) is 10.5 Å². The first-order valence-electron chi connectivity index (χ1n) is 10.1. The number of aliphatic imine (C=N–C) groups is 1. The zero-order valence-electron chi connectivity index (χ0n) is 17.7. The van der Waals surface area contributed by atoms with Crippen LogP contribution < -0.4 is 16.0 Å². The summed E-state index contributed by atoms with van der Waals surface area (Å²) < 4.78 is 5.40. The molecule has 0 spiro atoms. The molecule has 1 fully saturated rings. The Labute approximate surface area is 182 Å². The lowest BCUT2D eigenvalue weighted by atomic mass is 9.89. The van der Waals surface area contributed by atoms with E-state index in [1.165, 1.54) is 0 Å². The van der Waals surface area contributed by atoms with Crippen LogP contribution >= 0.6 is 11.8 Å². The topological polar surface area (TPSA) is 79.9 Å². The normalized spacial score (nSPS) is 23.0. The van der Waals surface area contributed by atoms with Crippen molar-refractivity contribution in [2.75, 3.05) is 42.3 Å². The van der Waals surface area contributed by atoms with Gasteiger partial charge in [-0.25, -0.2) is 0 Å². The van der Waals surface area contributed by atoms with Crippen molar-refractivity contribution in [3.05, 3.63) is 60.2 Å². The highest BCUT2D eigenvalue weighted by atomic mass is 32.2. The summed E-state index contributed by atoms with van der Waals surface area (Å²) in [4.78, 5) is 19.8. The molecule has 2 aliphatic heterocycles. The van der Waals surface area contributed by atoms with Gasteiger partial charge in [0.25, 0.3) is 5.91 Å². The van der Waals surface area contributed by atoms with Gasteiger partial charge in [0.2, 0.25) is 0 Å². The van der Waals surface area contributed by atoms with E-state index in [2.05, 4.69) is 28.7 Å². The van der Waals surface area contributed by atoms with E-state index < -0.39 is 5.54 Å². The van der Waals surface area contributed by atoms with Gasteiger partial charge >= 0.3 is 0 Å². The van der Waals surface area contributed by atoms with Crippen LogP contribution in [0.25, 0.3) is 0 Å². The summed E-state index contributed by atoms with van der Waals surface area (Å²) >= 11 is 1.57. The maximum absolute atomic E-state index is 12.9. The summed E-state index contributed by atoms with van der Waals surface area (Å²) in [7, 11) is 0. The molecule has 0 saturated carbocycles. The second-order valence-corrected chi connectivity index (χ2v) is 8.72. The number of benzene rings is 1. The second-order valence-electron chi connectivity index (χ2n) is 7.61. The number of allylic oxidation sites excluding steroid dienone is 2. The highest BCUT2D eigenvalue weighted by Crippen LogP contribution is 2.32. The number of carbonyl (C=O) groups excluding carboxylic acids is 1. The Morgan fingerprint density at radius 2 is 2.03 bits per heavy atom. The number of amides is 1. The molecule has 0 aromatic heterocycles. The molecule has 0 aliphatic carbocycles. The molecule has 1 amide bonds. The van der Waals surface area contributed by atoms with Gasteiger partial charge in [-0.2, -0.15) is 0 Å². The monoisotopic (exact) mass is 426 g/mol. The maximum Gasteiger partial charge on any atom is 0.255 e. The van der Waals surface area contributed by atoms with Crippen LogP contribution in [0.15, 0.2) is 65.2 Å². The van der Waals surface area contributed by atoms with E-state index in [0.29, 0.717) is 10.7 Å². The van der Waals surface area contributed by atoms with Crippen molar-refractivity contribution in [3.63, 3.8) is 0 Å². The van der Waals surface area contributed by atoms with Gasteiger partial charge in [-0.3, -0.25) is 9.79 Å². The van der Waals surface area contributed by atoms with Crippen LogP contribution in [0.1, 0.15) is 20.3 Å². The van der Waals surface area contributed by atoms with Gasteiger partial charge in [0.05, 0.1) is 18.8 Å². The van der Waals surface area contributed by atoms with E-state index >= 15 is 0 Å². The van der Waals surface area contributed by atoms with Crippen LogP contribution in [0.4, 0.5) is 11.4 Å². The molecular weight excluding hydrogens is 396 g/mol. The Morgan fingerprint density at radius 3 is 2.67 bits per heavy atom. The van der Waals surface area contributed by atoms with Crippen LogP contribution in [0.2, 0.25) is 0 Å². The molecule has 1 saturated heterocycles. The summed E-state index contributed by atoms with van der Waals surface area (Å²) in [5.41, 5.74) is 8.95. The summed E-state index contributed by atoms with van der Waals surface area (Å²) in [6.45, 7) is 11.0. The molecule has 0 radical (unpaired) electrons. The Hall–Kier alpha value is -2.51. The summed E-state index contributed by atoms with van der Waals surface area (Å²) in [5.74, 6) is 0.734. The van der Waals surface area contributed by atoms with Crippen LogP contribution in [0.3, 0.4) is 0 Å². The first kappa shape index (κ1) is 22.2. The third-order valence-corrected chi connectivity index (χ3v) is 6.27. The molecule has 0 bridgehead atoms. The highest BCUT2D eigenvalue weighted by molar-refractivity contribution is 8.13. The molecule has 3 N–H and O–H groups in total. The molecule has 7 heteroatoms. The smallest absolute Gasteiger partial charge is 0.255 e. The number of hydrogen-bond acceptors (Lipinski definition) is 6. The molecule has 1 aromatic rings. The van der Waals surface area contributed by atoms with Crippen molar-refractivity contribution in [1.29, 1.82) is 0 Å². The molecule has 1 atom stereocenters. The number of nitrogens with two attached hydrogens (primary N) is 1. The zero-order chi connectivity index (χ0) is 21.6. The molecule has 160 valence electrons. The van der Waals surface area contributed by atoms with Crippen LogP contribution in [0.5, 0.6) is 0 Å². The van der Waals surface area contributed by atoms with Gasteiger partial charge in [0, 0.05) is 35.8 Å². The van der Waals surface area contributed by atoms with E-state index in [1.807, 2.05) is 37.3 Å². The van der Waals surface area contributed by atoms with Crippen molar-refractivity contribution in [1.82, 2.24) is 0 Å². The summed E-state index contributed by atoms with van der Waals surface area (Å²) in [6.07, 6.45) is 6.10. The number of nitrogens with zero attached hydrogens (tertiary/aromatic N) is 2. The molecular formula is C23H30N4O2S. The van der Waals surface area contributed by atoms with Crippen LogP contribution in [-0.2, 0) is 9.53 Å². The first-order valence-corrected chi connectivity index (χ1v) is 11.1. The number of ether oxygens (including phenoxy) is 1. The largest absolute Gasteiger partial charge is 0.379 e. The van der Waals surface area contributed by atoms with Crippen molar-refractivity contribution < 1.29 is 9.53 Å². The third-order valence-electron chi connectivity index (χ3n) is 5.48.